The summed E-state index contributed by atoms with van der Waals surface area (Å²) in [6.07, 6.45) is 0. The second-order valence-corrected chi connectivity index (χ2v) is 5.65. The SMILES string of the molecule is BrCc1c2ccccc2cc2c1ccc1ccccc12.C. The second-order valence-electron chi connectivity index (χ2n) is 5.09. The summed E-state index contributed by atoms with van der Waals surface area (Å²) in [6.45, 7) is 0. The van der Waals surface area contributed by atoms with Crippen LogP contribution in [0.3, 0.4) is 0 Å². The summed E-state index contributed by atoms with van der Waals surface area (Å²) < 4.78 is 0. The molecule has 0 N–H and O–H groups in total. The van der Waals surface area contributed by atoms with Crippen molar-refractivity contribution in [2.24, 2.45) is 0 Å². The van der Waals surface area contributed by atoms with Crippen molar-refractivity contribution < 1.29 is 0 Å². The monoisotopic (exact) mass is 336 g/mol. The standard InChI is InChI=1S/C19H13Br.CH4/c20-12-19-16-8-4-2-6-14(16)11-18-15-7-3-1-5-13(15)9-10-17(18)19;/h1-11H,12H2;1H4. The molecule has 0 aliphatic heterocycles. The molecule has 0 amide bonds. The number of fused-ring (bicyclic) bond motifs is 4. The van der Waals surface area contributed by atoms with Crippen molar-refractivity contribution >= 4 is 48.2 Å². The Balaban J connectivity index is 0.00000132. The van der Waals surface area contributed by atoms with E-state index < -0.39 is 0 Å². The van der Waals surface area contributed by atoms with Crippen molar-refractivity contribution in [1.29, 1.82) is 0 Å². The van der Waals surface area contributed by atoms with E-state index in [0.717, 1.165) is 5.33 Å². The first kappa shape index (κ1) is 14.1. The third-order valence-electron chi connectivity index (χ3n) is 4.02. The molecule has 0 atom stereocenters. The molecular formula is C20H17Br. The fourth-order valence-electron chi connectivity index (χ4n) is 3.06. The molecule has 0 fully saturated rings. The molecule has 21 heavy (non-hydrogen) atoms. The number of hydrogen-bond acceptors (Lipinski definition) is 0. The van der Waals surface area contributed by atoms with E-state index in [1.807, 2.05) is 0 Å². The maximum Gasteiger partial charge on any atom is 0.0295 e. The molecule has 0 heterocycles. The Hall–Kier alpha value is -1.86. The molecular weight excluding hydrogens is 320 g/mol. The molecule has 0 nitrogen and oxygen atoms in total. The van der Waals surface area contributed by atoms with Crippen molar-refractivity contribution in [2.75, 3.05) is 0 Å². The zero-order valence-corrected chi connectivity index (χ0v) is 12.5. The van der Waals surface area contributed by atoms with Crippen LogP contribution in [0.4, 0.5) is 0 Å². The molecule has 0 aromatic heterocycles. The van der Waals surface area contributed by atoms with E-state index >= 15 is 0 Å². The van der Waals surface area contributed by atoms with Crippen LogP contribution in [0.25, 0.3) is 32.3 Å². The van der Waals surface area contributed by atoms with Gasteiger partial charge < -0.3 is 0 Å². The topological polar surface area (TPSA) is 0 Å². The maximum atomic E-state index is 3.66. The van der Waals surface area contributed by atoms with Crippen LogP contribution in [-0.2, 0) is 5.33 Å². The van der Waals surface area contributed by atoms with Crippen molar-refractivity contribution in [2.45, 2.75) is 12.8 Å². The van der Waals surface area contributed by atoms with E-state index in [-0.39, 0.29) is 7.43 Å². The summed E-state index contributed by atoms with van der Waals surface area (Å²) in [7, 11) is 0. The first-order valence-corrected chi connectivity index (χ1v) is 7.89. The van der Waals surface area contributed by atoms with E-state index in [4.69, 9.17) is 0 Å². The summed E-state index contributed by atoms with van der Waals surface area (Å²) in [4.78, 5) is 0. The largest absolute Gasteiger partial charge is 0.0876 e. The predicted molar refractivity (Wildman–Crippen MR) is 98.3 cm³/mol. The molecule has 0 radical (unpaired) electrons. The van der Waals surface area contributed by atoms with Crippen LogP contribution in [0.1, 0.15) is 13.0 Å². The Morgan fingerprint density at radius 3 is 2.05 bits per heavy atom. The Morgan fingerprint density at radius 2 is 1.29 bits per heavy atom. The van der Waals surface area contributed by atoms with Gasteiger partial charge in [-0.05, 0) is 43.9 Å². The molecule has 4 rings (SSSR count). The van der Waals surface area contributed by atoms with Crippen LogP contribution >= 0.6 is 15.9 Å². The molecule has 0 spiro atoms. The summed E-state index contributed by atoms with van der Waals surface area (Å²) in [6, 6.07) is 24.0. The lowest BCUT2D eigenvalue weighted by atomic mass is 9.94. The lowest BCUT2D eigenvalue weighted by molar-refractivity contribution is 1.54. The summed E-state index contributed by atoms with van der Waals surface area (Å²) in [5.41, 5.74) is 1.38. The van der Waals surface area contributed by atoms with Gasteiger partial charge in [0.2, 0.25) is 0 Å². The molecule has 0 aliphatic carbocycles. The molecule has 0 aliphatic rings. The first-order chi connectivity index (χ1) is 9.88. The normalized spacial score (nSPS) is 10.9. The molecule has 4 aromatic carbocycles. The minimum absolute atomic E-state index is 0. The van der Waals surface area contributed by atoms with Crippen LogP contribution in [0.2, 0.25) is 0 Å². The highest BCUT2D eigenvalue weighted by Crippen LogP contribution is 2.34. The molecule has 0 saturated heterocycles. The number of rotatable bonds is 1. The van der Waals surface area contributed by atoms with Gasteiger partial charge in [-0.15, -0.1) is 0 Å². The van der Waals surface area contributed by atoms with E-state index in [1.54, 1.807) is 0 Å². The quantitative estimate of drug-likeness (QED) is 0.206. The fourth-order valence-corrected chi connectivity index (χ4v) is 3.66. The highest BCUT2D eigenvalue weighted by molar-refractivity contribution is 9.08. The fraction of sp³-hybridized carbons (Fsp3) is 0.100. The Bertz CT molecular complexity index is 938. The molecule has 0 unspecified atom stereocenters. The van der Waals surface area contributed by atoms with Crippen molar-refractivity contribution in [3.05, 3.63) is 72.3 Å². The zero-order valence-electron chi connectivity index (χ0n) is 10.9. The zero-order chi connectivity index (χ0) is 13.5. The highest BCUT2D eigenvalue weighted by Gasteiger charge is 2.08. The van der Waals surface area contributed by atoms with Gasteiger partial charge in [0.15, 0.2) is 0 Å². The van der Waals surface area contributed by atoms with Gasteiger partial charge in [0, 0.05) is 5.33 Å². The predicted octanol–water partition coefficient (Wildman–Crippen LogP) is 6.68. The molecule has 104 valence electrons. The van der Waals surface area contributed by atoms with Gasteiger partial charge in [-0.2, -0.15) is 0 Å². The van der Waals surface area contributed by atoms with Crippen molar-refractivity contribution in [3.8, 4) is 0 Å². The van der Waals surface area contributed by atoms with E-state index in [0.29, 0.717) is 0 Å². The van der Waals surface area contributed by atoms with Gasteiger partial charge in [0.05, 0.1) is 0 Å². The average molecular weight is 337 g/mol. The van der Waals surface area contributed by atoms with Crippen LogP contribution in [0.15, 0.2) is 66.7 Å². The molecule has 1 heteroatoms. The lowest BCUT2D eigenvalue weighted by Crippen LogP contribution is -1.87. The lowest BCUT2D eigenvalue weighted by Gasteiger charge is -2.11. The number of alkyl halides is 1. The Morgan fingerprint density at radius 1 is 0.619 bits per heavy atom. The van der Waals surface area contributed by atoms with Gasteiger partial charge in [0.1, 0.15) is 0 Å². The Kier molecular flexibility index (Phi) is 3.69. The number of hydrogen-bond donors (Lipinski definition) is 0. The van der Waals surface area contributed by atoms with E-state index in [9.17, 15) is 0 Å². The minimum atomic E-state index is 0. The highest BCUT2D eigenvalue weighted by atomic mass is 79.9. The Labute approximate surface area is 133 Å². The van der Waals surface area contributed by atoms with Gasteiger partial charge in [-0.25, -0.2) is 0 Å². The van der Waals surface area contributed by atoms with Gasteiger partial charge in [-0.3, -0.25) is 0 Å². The average Bonchev–Trinajstić information content (AvgIpc) is 2.52. The number of halogens is 1. The summed E-state index contributed by atoms with van der Waals surface area (Å²) >= 11 is 3.66. The molecule has 4 aromatic rings. The maximum absolute atomic E-state index is 3.66. The van der Waals surface area contributed by atoms with Gasteiger partial charge >= 0.3 is 0 Å². The molecule has 0 saturated carbocycles. The molecule has 0 bridgehead atoms. The van der Waals surface area contributed by atoms with E-state index in [1.165, 1.54) is 37.9 Å². The third kappa shape index (κ3) is 2.13. The van der Waals surface area contributed by atoms with Crippen molar-refractivity contribution in [1.82, 2.24) is 0 Å². The smallest absolute Gasteiger partial charge is 0.0295 e. The van der Waals surface area contributed by atoms with Crippen LogP contribution < -0.4 is 0 Å². The third-order valence-corrected chi connectivity index (χ3v) is 4.58. The van der Waals surface area contributed by atoms with Crippen LogP contribution in [0.5, 0.6) is 0 Å². The first-order valence-electron chi connectivity index (χ1n) is 6.76. The van der Waals surface area contributed by atoms with Gasteiger partial charge in [-0.1, -0.05) is 84.0 Å². The van der Waals surface area contributed by atoms with Gasteiger partial charge in [0.25, 0.3) is 0 Å². The second kappa shape index (κ2) is 5.50. The van der Waals surface area contributed by atoms with Crippen molar-refractivity contribution in [3.63, 3.8) is 0 Å². The minimum Gasteiger partial charge on any atom is -0.0876 e. The van der Waals surface area contributed by atoms with Crippen LogP contribution in [0, 0.1) is 0 Å². The number of benzene rings is 4. The van der Waals surface area contributed by atoms with E-state index in [2.05, 4.69) is 82.7 Å². The summed E-state index contributed by atoms with van der Waals surface area (Å²) in [5.74, 6) is 0. The summed E-state index contributed by atoms with van der Waals surface area (Å²) in [5, 5.41) is 8.85. The van der Waals surface area contributed by atoms with Crippen LogP contribution in [-0.4, -0.2) is 0 Å².